The van der Waals surface area contributed by atoms with Crippen LogP contribution in [-0.2, 0) is 29.1 Å². The quantitative estimate of drug-likeness (QED) is 0.846. The number of benzene rings is 1. The van der Waals surface area contributed by atoms with E-state index in [1.54, 1.807) is 0 Å². The fourth-order valence-electron chi connectivity index (χ4n) is 4.79. The molecule has 29 heavy (non-hydrogen) atoms. The predicted molar refractivity (Wildman–Crippen MR) is 109 cm³/mol. The van der Waals surface area contributed by atoms with E-state index in [0.29, 0.717) is 13.1 Å². The number of amides is 1. The molecule has 1 aromatic carbocycles. The van der Waals surface area contributed by atoms with E-state index < -0.39 is 5.97 Å². The Bertz CT molecular complexity index is 886. The number of hydrogen-bond acceptors (Lipinski definition) is 4. The number of likely N-dealkylation sites (tertiary alicyclic amines) is 1. The molecule has 6 heteroatoms. The Morgan fingerprint density at radius 1 is 1.07 bits per heavy atom. The second kappa shape index (κ2) is 8.33. The SMILES string of the molecule is O=C(O)CCC(=O)N1Cc2ccccc2CC2(CCCN2Cc2ccncc2)C1. The van der Waals surface area contributed by atoms with Crippen molar-refractivity contribution in [3.8, 4) is 0 Å². The maximum absolute atomic E-state index is 12.9. The largest absolute Gasteiger partial charge is 0.481 e. The predicted octanol–water partition coefficient (Wildman–Crippen LogP) is 2.87. The Morgan fingerprint density at radius 3 is 2.59 bits per heavy atom. The molecule has 1 unspecified atom stereocenters. The fraction of sp³-hybridized carbons (Fsp3) is 0.435. The van der Waals surface area contributed by atoms with Crippen molar-refractivity contribution in [3.63, 3.8) is 0 Å². The van der Waals surface area contributed by atoms with Crippen LogP contribution < -0.4 is 0 Å². The van der Waals surface area contributed by atoms with Gasteiger partial charge in [-0.2, -0.15) is 0 Å². The highest BCUT2D eigenvalue weighted by atomic mass is 16.4. The highest BCUT2D eigenvalue weighted by molar-refractivity contribution is 5.81. The van der Waals surface area contributed by atoms with Crippen molar-refractivity contribution in [3.05, 3.63) is 65.5 Å². The van der Waals surface area contributed by atoms with Gasteiger partial charge < -0.3 is 10.0 Å². The van der Waals surface area contributed by atoms with Crippen LogP contribution in [0.25, 0.3) is 0 Å². The second-order valence-electron chi connectivity index (χ2n) is 8.19. The molecule has 0 bridgehead atoms. The minimum Gasteiger partial charge on any atom is -0.481 e. The normalized spacial score (nSPS) is 21.7. The van der Waals surface area contributed by atoms with Gasteiger partial charge in [-0.25, -0.2) is 0 Å². The summed E-state index contributed by atoms with van der Waals surface area (Å²) in [7, 11) is 0. The third-order valence-electron chi connectivity index (χ3n) is 6.25. The van der Waals surface area contributed by atoms with Crippen molar-refractivity contribution in [2.24, 2.45) is 0 Å². The molecule has 2 aliphatic rings. The molecule has 1 atom stereocenters. The summed E-state index contributed by atoms with van der Waals surface area (Å²) in [5.41, 5.74) is 3.57. The van der Waals surface area contributed by atoms with Crippen LogP contribution in [-0.4, -0.2) is 50.4 Å². The summed E-state index contributed by atoms with van der Waals surface area (Å²) < 4.78 is 0. The molecule has 1 spiro atoms. The smallest absolute Gasteiger partial charge is 0.303 e. The number of aliphatic carboxylic acids is 1. The van der Waals surface area contributed by atoms with Gasteiger partial charge in [0.2, 0.25) is 5.91 Å². The maximum atomic E-state index is 12.9. The summed E-state index contributed by atoms with van der Waals surface area (Å²) in [6.45, 7) is 3.04. The first kappa shape index (κ1) is 19.6. The van der Waals surface area contributed by atoms with E-state index >= 15 is 0 Å². The topological polar surface area (TPSA) is 73.7 Å². The molecule has 1 N–H and O–H groups in total. The number of rotatable bonds is 5. The Morgan fingerprint density at radius 2 is 1.83 bits per heavy atom. The summed E-state index contributed by atoms with van der Waals surface area (Å²) in [4.78, 5) is 32.4. The van der Waals surface area contributed by atoms with E-state index in [1.807, 2.05) is 35.5 Å². The first-order valence-corrected chi connectivity index (χ1v) is 10.3. The van der Waals surface area contributed by atoms with Gasteiger partial charge in [-0.15, -0.1) is 0 Å². The highest BCUT2D eigenvalue weighted by Gasteiger charge is 2.44. The molecule has 0 saturated carbocycles. The van der Waals surface area contributed by atoms with Gasteiger partial charge in [0.05, 0.1) is 6.42 Å². The average molecular weight is 393 g/mol. The van der Waals surface area contributed by atoms with Gasteiger partial charge in [-0.05, 0) is 54.6 Å². The van der Waals surface area contributed by atoms with Crippen molar-refractivity contribution in [1.29, 1.82) is 0 Å². The number of aromatic nitrogens is 1. The van der Waals surface area contributed by atoms with Crippen molar-refractivity contribution < 1.29 is 14.7 Å². The van der Waals surface area contributed by atoms with Crippen LogP contribution in [0.3, 0.4) is 0 Å². The van der Waals surface area contributed by atoms with E-state index in [2.05, 4.69) is 28.1 Å². The van der Waals surface area contributed by atoms with Crippen molar-refractivity contribution in [2.75, 3.05) is 13.1 Å². The first-order valence-electron chi connectivity index (χ1n) is 10.3. The van der Waals surface area contributed by atoms with Crippen LogP contribution in [0, 0.1) is 0 Å². The Kier molecular flexibility index (Phi) is 5.62. The van der Waals surface area contributed by atoms with E-state index in [4.69, 9.17) is 5.11 Å². The summed E-state index contributed by atoms with van der Waals surface area (Å²) in [5.74, 6) is -0.997. The third kappa shape index (κ3) is 4.32. The van der Waals surface area contributed by atoms with E-state index in [0.717, 1.165) is 32.4 Å². The molecule has 0 radical (unpaired) electrons. The number of carboxylic acids is 1. The van der Waals surface area contributed by atoms with Gasteiger partial charge in [0.15, 0.2) is 0 Å². The van der Waals surface area contributed by atoms with Gasteiger partial charge >= 0.3 is 5.97 Å². The lowest BCUT2D eigenvalue weighted by atomic mass is 9.87. The van der Waals surface area contributed by atoms with Crippen LogP contribution in [0.4, 0.5) is 0 Å². The van der Waals surface area contributed by atoms with E-state index in [9.17, 15) is 9.59 Å². The fourth-order valence-corrected chi connectivity index (χ4v) is 4.79. The standard InChI is InChI=1S/C23H27N3O3/c27-21(6-7-22(28)29)25-16-20-5-2-1-4-19(20)14-23(17-25)10-3-13-26(23)15-18-8-11-24-12-9-18/h1-2,4-5,8-9,11-12H,3,6-7,10,13-17H2,(H,28,29). The minimum atomic E-state index is -0.927. The van der Waals surface area contributed by atoms with E-state index in [1.165, 1.54) is 16.7 Å². The van der Waals surface area contributed by atoms with Gasteiger partial charge in [-0.3, -0.25) is 19.5 Å². The van der Waals surface area contributed by atoms with Crippen molar-refractivity contribution in [2.45, 2.75) is 50.7 Å². The Labute approximate surface area is 171 Å². The molecule has 3 heterocycles. The molecule has 1 saturated heterocycles. The summed E-state index contributed by atoms with van der Waals surface area (Å²) >= 11 is 0. The molecule has 152 valence electrons. The number of hydrogen-bond donors (Lipinski definition) is 1. The summed E-state index contributed by atoms with van der Waals surface area (Å²) in [5, 5.41) is 9.00. The molecule has 1 aromatic heterocycles. The highest BCUT2D eigenvalue weighted by Crippen LogP contribution is 2.38. The average Bonchev–Trinajstić information content (AvgIpc) is 2.99. The molecule has 6 nitrogen and oxygen atoms in total. The maximum Gasteiger partial charge on any atom is 0.303 e. The zero-order valence-corrected chi connectivity index (χ0v) is 16.6. The Balaban J connectivity index is 1.63. The lowest BCUT2D eigenvalue weighted by Gasteiger charge is -2.41. The molecule has 2 aromatic rings. The number of carbonyl (C=O) groups is 2. The number of fused-ring (bicyclic) bond motifs is 1. The molecule has 4 rings (SSSR count). The van der Waals surface area contributed by atoms with Gasteiger partial charge in [0.25, 0.3) is 0 Å². The van der Waals surface area contributed by atoms with Gasteiger partial charge in [-0.1, -0.05) is 24.3 Å². The van der Waals surface area contributed by atoms with Crippen molar-refractivity contribution in [1.82, 2.24) is 14.8 Å². The number of carboxylic acid groups (broad SMARTS) is 1. The second-order valence-corrected chi connectivity index (χ2v) is 8.19. The molecular formula is C23H27N3O3. The monoisotopic (exact) mass is 393 g/mol. The van der Waals surface area contributed by atoms with Gasteiger partial charge in [0.1, 0.15) is 0 Å². The third-order valence-corrected chi connectivity index (χ3v) is 6.25. The Hall–Kier alpha value is -2.73. The zero-order valence-electron chi connectivity index (χ0n) is 16.6. The molecule has 0 aliphatic carbocycles. The van der Waals surface area contributed by atoms with Crippen LogP contribution in [0.15, 0.2) is 48.8 Å². The van der Waals surface area contributed by atoms with Crippen LogP contribution in [0.1, 0.15) is 42.4 Å². The van der Waals surface area contributed by atoms with Crippen LogP contribution >= 0.6 is 0 Å². The lowest BCUT2D eigenvalue weighted by molar-refractivity contribution is -0.141. The number of pyridine rings is 1. The lowest BCUT2D eigenvalue weighted by Crippen LogP contribution is -2.53. The zero-order chi connectivity index (χ0) is 20.3. The summed E-state index contributed by atoms with van der Waals surface area (Å²) in [6.07, 6.45) is 6.63. The van der Waals surface area contributed by atoms with Gasteiger partial charge in [0, 0.05) is 44.0 Å². The van der Waals surface area contributed by atoms with Crippen molar-refractivity contribution >= 4 is 11.9 Å². The molecule has 1 fully saturated rings. The minimum absolute atomic E-state index is 0.0535. The number of nitrogens with zero attached hydrogens (tertiary/aromatic N) is 3. The molecule has 1 amide bonds. The molecule has 2 aliphatic heterocycles. The first-order chi connectivity index (χ1) is 14.1. The molecular weight excluding hydrogens is 366 g/mol. The number of carbonyl (C=O) groups excluding carboxylic acids is 1. The van der Waals surface area contributed by atoms with Crippen LogP contribution in [0.5, 0.6) is 0 Å². The van der Waals surface area contributed by atoms with Crippen LogP contribution in [0.2, 0.25) is 0 Å². The van der Waals surface area contributed by atoms with E-state index in [-0.39, 0.29) is 24.3 Å². The summed E-state index contributed by atoms with van der Waals surface area (Å²) in [6, 6.07) is 12.4.